The van der Waals surface area contributed by atoms with E-state index in [4.69, 9.17) is 0 Å². The van der Waals surface area contributed by atoms with Crippen LogP contribution in [0.3, 0.4) is 0 Å². The summed E-state index contributed by atoms with van der Waals surface area (Å²) in [5.74, 6) is 0. The van der Waals surface area contributed by atoms with E-state index in [0.29, 0.717) is 0 Å². The molecule has 0 N–H and O–H groups in total. The standard InChI is InChI=1S/C36H25BN2/c37-26-13-9-15-28(23-26)39-34-19-7-5-17-30(34)32-21-20-31-29-16-4-6-18-33(29)38(35(31)36(32)39)27-14-8-12-25(22-27)24-10-2-1-3-11-24/h1-23H,37H2. The zero-order chi connectivity index (χ0) is 25.9. The van der Waals surface area contributed by atoms with Gasteiger partial charge in [0.05, 0.1) is 22.1 Å². The maximum absolute atomic E-state index is 2.46. The molecule has 8 aromatic rings. The fraction of sp³-hybridized carbons (Fsp3) is 0. The van der Waals surface area contributed by atoms with Crippen molar-refractivity contribution in [3.8, 4) is 22.5 Å². The van der Waals surface area contributed by atoms with Gasteiger partial charge in [-0.2, -0.15) is 0 Å². The third-order valence-corrected chi connectivity index (χ3v) is 7.94. The highest BCUT2D eigenvalue weighted by atomic mass is 15.0. The monoisotopic (exact) mass is 496 g/mol. The van der Waals surface area contributed by atoms with E-state index in [1.165, 1.54) is 65.9 Å². The molecule has 0 radical (unpaired) electrons. The molecule has 0 aliphatic carbocycles. The molecule has 2 heterocycles. The molecule has 0 unspecified atom stereocenters. The van der Waals surface area contributed by atoms with E-state index in [9.17, 15) is 0 Å². The van der Waals surface area contributed by atoms with Gasteiger partial charge in [-0.05, 0) is 47.5 Å². The Balaban J connectivity index is 1.57. The van der Waals surface area contributed by atoms with E-state index in [2.05, 4.69) is 157 Å². The van der Waals surface area contributed by atoms with E-state index < -0.39 is 0 Å². The lowest BCUT2D eigenvalue weighted by Crippen LogP contribution is -2.05. The van der Waals surface area contributed by atoms with Crippen molar-refractivity contribution in [2.75, 3.05) is 0 Å². The summed E-state index contributed by atoms with van der Waals surface area (Å²) in [4.78, 5) is 0. The van der Waals surface area contributed by atoms with Crippen LogP contribution in [0.15, 0.2) is 140 Å². The Morgan fingerprint density at radius 2 is 0.897 bits per heavy atom. The number of nitrogens with zero attached hydrogens (tertiary/aromatic N) is 2. The first-order chi connectivity index (χ1) is 19.3. The molecular weight excluding hydrogens is 471 g/mol. The average molecular weight is 496 g/mol. The van der Waals surface area contributed by atoms with E-state index in [-0.39, 0.29) is 0 Å². The average Bonchev–Trinajstić information content (AvgIpc) is 3.51. The first-order valence-corrected chi connectivity index (χ1v) is 13.5. The van der Waals surface area contributed by atoms with Gasteiger partial charge >= 0.3 is 0 Å². The summed E-state index contributed by atoms with van der Waals surface area (Å²) in [6, 6.07) is 50.6. The predicted molar refractivity (Wildman–Crippen MR) is 169 cm³/mol. The Hall–Kier alpha value is -5.02. The number of para-hydroxylation sites is 2. The second-order valence-corrected chi connectivity index (χ2v) is 10.3. The molecule has 2 aromatic heterocycles. The Kier molecular flexibility index (Phi) is 4.80. The van der Waals surface area contributed by atoms with Crippen molar-refractivity contribution in [3.63, 3.8) is 0 Å². The summed E-state index contributed by atoms with van der Waals surface area (Å²) in [5, 5.41) is 5.06. The Morgan fingerprint density at radius 3 is 1.51 bits per heavy atom. The van der Waals surface area contributed by atoms with Gasteiger partial charge in [0, 0.05) is 32.9 Å². The van der Waals surface area contributed by atoms with Crippen LogP contribution >= 0.6 is 0 Å². The molecule has 0 saturated heterocycles. The third-order valence-electron chi connectivity index (χ3n) is 7.94. The molecule has 182 valence electrons. The molecule has 0 spiro atoms. The lowest BCUT2D eigenvalue weighted by molar-refractivity contribution is 1.15. The molecule has 0 bridgehead atoms. The van der Waals surface area contributed by atoms with E-state index >= 15 is 0 Å². The van der Waals surface area contributed by atoms with E-state index in [0.717, 1.165) is 5.69 Å². The van der Waals surface area contributed by atoms with Gasteiger partial charge < -0.3 is 9.13 Å². The summed E-state index contributed by atoms with van der Waals surface area (Å²) in [6.45, 7) is 0. The highest BCUT2D eigenvalue weighted by molar-refractivity contribution is 6.32. The molecule has 0 atom stereocenters. The van der Waals surface area contributed by atoms with Crippen molar-refractivity contribution in [1.82, 2.24) is 9.13 Å². The van der Waals surface area contributed by atoms with Crippen molar-refractivity contribution in [3.05, 3.63) is 140 Å². The number of rotatable bonds is 3. The zero-order valence-corrected chi connectivity index (χ0v) is 21.7. The molecule has 2 nitrogen and oxygen atoms in total. The minimum Gasteiger partial charge on any atom is -0.307 e. The molecule has 3 heteroatoms. The first-order valence-electron chi connectivity index (χ1n) is 13.5. The summed E-state index contributed by atoms with van der Waals surface area (Å²) in [7, 11) is 2.17. The van der Waals surface area contributed by atoms with Crippen molar-refractivity contribution >= 4 is 56.9 Å². The van der Waals surface area contributed by atoms with Crippen LogP contribution in [0.25, 0.3) is 66.1 Å². The number of benzene rings is 6. The van der Waals surface area contributed by atoms with E-state index in [1.54, 1.807) is 0 Å². The van der Waals surface area contributed by atoms with Gasteiger partial charge in [-0.1, -0.05) is 109 Å². The fourth-order valence-electron chi connectivity index (χ4n) is 6.26. The topological polar surface area (TPSA) is 9.86 Å². The van der Waals surface area contributed by atoms with Gasteiger partial charge in [-0.3, -0.25) is 0 Å². The van der Waals surface area contributed by atoms with Gasteiger partial charge in [0.2, 0.25) is 0 Å². The summed E-state index contributed by atoms with van der Waals surface area (Å²) < 4.78 is 4.92. The van der Waals surface area contributed by atoms with Gasteiger partial charge in [0.15, 0.2) is 0 Å². The van der Waals surface area contributed by atoms with Crippen molar-refractivity contribution in [2.24, 2.45) is 0 Å². The Bertz CT molecular complexity index is 2180. The maximum Gasteiger partial charge on any atom is 0.139 e. The SMILES string of the molecule is Bc1cccc(-n2c3ccccc3c3ccc4c5ccccc5n(-c5cccc(-c6ccccc6)c5)c4c32)c1. The molecule has 0 aliphatic rings. The van der Waals surface area contributed by atoms with Crippen LogP contribution in [0.5, 0.6) is 0 Å². The van der Waals surface area contributed by atoms with Crippen molar-refractivity contribution in [1.29, 1.82) is 0 Å². The highest BCUT2D eigenvalue weighted by Gasteiger charge is 2.21. The smallest absolute Gasteiger partial charge is 0.139 e. The van der Waals surface area contributed by atoms with Gasteiger partial charge in [0.1, 0.15) is 7.85 Å². The van der Waals surface area contributed by atoms with Gasteiger partial charge in [-0.25, -0.2) is 0 Å². The molecule has 0 fully saturated rings. The van der Waals surface area contributed by atoms with E-state index in [1.807, 2.05) is 0 Å². The molecule has 0 saturated carbocycles. The maximum atomic E-state index is 2.46. The van der Waals surface area contributed by atoms with Crippen LogP contribution in [0.2, 0.25) is 0 Å². The Labute approximate surface area is 227 Å². The van der Waals surface area contributed by atoms with Gasteiger partial charge in [-0.15, -0.1) is 0 Å². The molecule has 0 aliphatic heterocycles. The third kappa shape index (κ3) is 3.30. The predicted octanol–water partition coefficient (Wildman–Crippen LogP) is 7.81. The molecular formula is C36H25BN2. The fourth-order valence-corrected chi connectivity index (χ4v) is 6.26. The summed E-state index contributed by atoms with van der Waals surface area (Å²) in [5.41, 5.74) is 10.9. The van der Waals surface area contributed by atoms with Crippen molar-refractivity contribution in [2.45, 2.75) is 0 Å². The lowest BCUT2D eigenvalue weighted by Gasteiger charge is -2.14. The van der Waals surface area contributed by atoms with Crippen LogP contribution in [0.1, 0.15) is 0 Å². The second kappa shape index (κ2) is 8.51. The minimum atomic E-state index is 1.16. The number of hydrogen-bond acceptors (Lipinski definition) is 0. The quantitative estimate of drug-likeness (QED) is 0.221. The summed E-state index contributed by atoms with van der Waals surface area (Å²) >= 11 is 0. The number of fused-ring (bicyclic) bond motifs is 7. The van der Waals surface area contributed by atoms with Crippen LogP contribution in [-0.2, 0) is 0 Å². The normalized spacial score (nSPS) is 11.7. The second-order valence-electron chi connectivity index (χ2n) is 10.3. The molecule has 39 heavy (non-hydrogen) atoms. The van der Waals surface area contributed by atoms with Crippen LogP contribution < -0.4 is 5.46 Å². The number of hydrogen-bond donors (Lipinski definition) is 0. The van der Waals surface area contributed by atoms with Crippen LogP contribution in [0.4, 0.5) is 0 Å². The van der Waals surface area contributed by atoms with Crippen molar-refractivity contribution < 1.29 is 0 Å². The largest absolute Gasteiger partial charge is 0.307 e. The lowest BCUT2D eigenvalue weighted by atomic mass is 9.96. The highest BCUT2D eigenvalue weighted by Crippen LogP contribution is 2.41. The molecule has 6 aromatic carbocycles. The zero-order valence-electron chi connectivity index (χ0n) is 21.7. The van der Waals surface area contributed by atoms with Crippen LogP contribution in [0, 0.1) is 0 Å². The minimum absolute atomic E-state index is 1.16. The molecule has 0 amide bonds. The Morgan fingerprint density at radius 1 is 0.385 bits per heavy atom. The number of aromatic nitrogens is 2. The summed E-state index contributed by atoms with van der Waals surface area (Å²) in [6.07, 6.45) is 0. The van der Waals surface area contributed by atoms with Gasteiger partial charge in [0.25, 0.3) is 0 Å². The first kappa shape index (κ1) is 22.0. The molecule has 8 rings (SSSR count). The van der Waals surface area contributed by atoms with Crippen LogP contribution in [-0.4, -0.2) is 17.0 Å².